The SMILES string of the molecule is Cc1ccc(C(=O)CCC(=O)N2CCN(c3nc4ccc(Cl)cc4s3)CC2)cc1C. The molecule has 7 heteroatoms. The number of aryl methyl sites for hydroxylation is 2. The molecule has 0 spiro atoms. The second-order valence-electron chi connectivity index (χ2n) is 7.70. The zero-order chi connectivity index (χ0) is 21.3. The highest BCUT2D eigenvalue weighted by Gasteiger charge is 2.23. The van der Waals surface area contributed by atoms with E-state index in [-0.39, 0.29) is 24.5 Å². The number of ketones is 1. The number of Topliss-reactive ketones (excluding diaryl/α,β-unsaturated/α-hetero) is 1. The summed E-state index contributed by atoms with van der Waals surface area (Å²) in [7, 11) is 0. The van der Waals surface area contributed by atoms with Crippen LogP contribution in [0.3, 0.4) is 0 Å². The van der Waals surface area contributed by atoms with Crippen molar-refractivity contribution in [1.82, 2.24) is 9.88 Å². The molecule has 1 aromatic heterocycles. The molecule has 4 rings (SSSR count). The van der Waals surface area contributed by atoms with E-state index in [0.717, 1.165) is 39.6 Å². The number of nitrogens with zero attached hydrogens (tertiary/aromatic N) is 3. The van der Waals surface area contributed by atoms with Crippen molar-refractivity contribution in [1.29, 1.82) is 0 Å². The van der Waals surface area contributed by atoms with Gasteiger partial charge >= 0.3 is 0 Å². The Hall–Kier alpha value is -2.44. The highest BCUT2D eigenvalue weighted by Crippen LogP contribution is 2.31. The lowest BCUT2D eigenvalue weighted by Crippen LogP contribution is -2.48. The Kier molecular flexibility index (Phi) is 6.06. The van der Waals surface area contributed by atoms with Gasteiger partial charge in [0, 0.05) is 49.6 Å². The van der Waals surface area contributed by atoms with Crippen molar-refractivity contribution in [3.8, 4) is 0 Å². The lowest BCUT2D eigenvalue weighted by atomic mass is 10.0. The van der Waals surface area contributed by atoms with Crippen LogP contribution in [0, 0.1) is 13.8 Å². The summed E-state index contributed by atoms with van der Waals surface area (Å²) in [6.45, 7) is 6.79. The van der Waals surface area contributed by atoms with Crippen LogP contribution < -0.4 is 4.90 Å². The van der Waals surface area contributed by atoms with E-state index in [2.05, 4.69) is 4.90 Å². The number of hydrogen-bond donors (Lipinski definition) is 0. The third kappa shape index (κ3) is 4.50. The van der Waals surface area contributed by atoms with Crippen molar-refractivity contribution in [2.24, 2.45) is 0 Å². The van der Waals surface area contributed by atoms with Crippen LogP contribution >= 0.6 is 22.9 Å². The van der Waals surface area contributed by atoms with Gasteiger partial charge in [-0.15, -0.1) is 0 Å². The molecule has 0 radical (unpaired) electrons. The number of benzene rings is 2. The third-order valence-electron chi connectivity index (χ3n) is 5.64. The number of anilines is 1. The number of carbonyl (C=O) groups excluding carboxylic acids is 2. The molecular weight excluding hydrogens is 418 g/mol. The van der Waals surface area contributed by atoms with E-state index in [0.29, 0.717) is 23.7 Å². The Labute approximate surface area is 185 Å². The topological polar surface area (TPSA) is 53.5 Å². The van der Waals surface area contributed by atoms with Gasteiger partial charge in [-0.05, 0) is 49.2 Å². The number of fused-ring (bicyclic) bond motifs is 1. The van der Waals surface area contributed by atoms with E-state index in [4.69, 9.17) is 16.6 Å². The molecule has 2 heterocycles. The standard InChI is InChI=1S/C23H24ClN3O2S/c1-15-3-4-17(13-16(15)2)20(28)7-8-22(29)26-9-11-27(12-10-26)23-25-19-6-5-18(24)14-21(19)30-23/h3-6,13-14H,7-12H2,1-2H3. The first-order valence-electron chi connectivity index (χ1n) is 10.1. The molecule has 1 saturated heterocycles. The molecule has 0 unspecified atom stereocenters. The van der Waals surface area contributed by atoms with Gasteiger partial charge in [-0.25, -0.2) is 4.98 Å². The summed E-state index contributed by atoms with van der Waals surface area (Å²) in [6.07, 6.45) is 0.506. The zero-order valence-corrected chi connectivity index (χ0v) is 18.7. The van der Waals surface area contributed by atoms with Crippen LogP contribution in [0.2, 0.25) is 5.02 Å². The van der Waals surface area contributed by atoms with Crippen LogP contribution in [0.15, 0.2) is 36.4 Å². The number of halogens is 1. The van der Waals surface area contributed by atoms with Crippen LogP contribution in [0.1, 0.15) is 34.3 Å². The summed E-state index contributed by atoms with van der Waals surface area (Å²) in [6, 6.07) is 11.4. The molecule has 1 fully saturated rings. The predicted octanol–water partition coefficient (Wildman–Crippen LogP) is 4.88. The first-order chi connectivity index (χ1) is 14.4. The summed E-state index contributed by atoms with van der Waals surface area (Å²) >= 11 is 7.69. The minimum Gasteiger partial charge on any atom is -0.345 e. The average molecular weight is 442 g/mol. The van der Waals surface area contributed by atoms with Gasteiger partial charge in [0.25, 0.3) is 0 Å². The Balaban J connectivity index is 1.30. The largest absolute Gasteiger partial charge is 0.345 e. The maximum atomic E-state index is 12.6. The highest BCUT2D eigenvalue weighted by molar-refractivity contribution is 7.22. The lowest BCUT2D eigenvalue weighted by molar-refractivity contribution is -0.131. The quantitative estimate of drug-likeness (QED) is 0.529. The first-order valence-corrected chi connectivity index (χ1v) is 11.3. The molecule has 156 valence electrons. The van der Waals surface area contributed by atoms with E-state index in [1.807, 2.05) is 55.1 Å². The summed E-state index contributed by atoms with van der Waals surface area (Å²) < 4.78 is 1.07. The Morgan fingerprint density at radius 2 is 1.77 bits per heavy atom. The highest BCUT2D eigenvalue weighted by atomic mass is 35.5. The number of thiazole rings is 1. The minimum absolute atomic E-state index is 0.0261. The lowest BCUT2D eigenvalue weighted by Gasteiger charge is -2.34. The van der Waals surface area contributed by atoms with Gasteiger partial charge in [0.15, 0.2) is 10.9 Å². The van der Waals surface area contributed by atoms with Crippen molar-refractivity contribution in [2.45, 2.75) is 26.7 Å². The number of piperazine rings is 1. The molecule has 0 atom stereocenters. The molecular formula is C23H24ClN3O2S. The van der Waals surface area contributed by atoms with E-state index in [1.165, 1.54) is 0 Å². The number of carbonyl (C=O) groups is 2. The van der Waals surface area contributed by atoms with Crippen LogP contribution in [-0.4, -0.2) is 47.8 Å². The van der Waals surface area contributed by atoms with Gasteiger partial charge < -0.3 is 9.80 Å². The second kappa shape index (κ2) is 8.74. The molecule has 30 heavy (non-hydrogen) atoms. The minimum atomic E-state index is 0.0261. The summed E-state index contributed by atoms with van der Waals surface area (Å²) in [4.78, 5) is 33.8. The molecule has 1 amide bonds. The van der Waals surface area contributed by atoms with E-state index in [1.54, 1.807) is 11.3 Å². The fourth-order valence-corrected chi connectivity index (χ4v) is 4.90. The fraction of sp³-hybridized carbons (Fsp3) is 0.348. The van der Waals surface area contributed by atoms with Gasteiger partial charge in [0.1, 0.15) is 0 Å². The molecule has 1 aliphatic rings. The van der Waals surface area contributed by atoms with Crippen molar-refractivity contribution in [2.75, 3.05) is 31.1 Å². The number of hydrogen-bond acceptors (Lipinski definition) is 5. The maximum Gasteiger partial charge on any atom is 0.223 e. The molecule has 0 N–H and O–H groups in total. The van der Waals surface area contributed by atoms with Crippen molar-refractivity contribution in [3.05, 3.63) is 58.1 Å². The number of aromatic nitrogens is 1. The van der Waals surface area contributed by atoms with E-state index < -0.39 is 0 Å². The molecule has 1 aliphatic heterocycles. The van der Waals surface area contributed by atoms with Crippen molar-refractivity contribution < 1.29 is 9.59 Å². The molecule has 5 nitrogen and oxygen atoms in total. The van der Waals surface area contributed by atoms with Crippen LogP contribution in [0.25, 0.3) is 10.2 Å². The Morgan fingerprint density at radius 3 is 2.50 bits per heavy atom. The second-order valence-corrected chi connectivity index (χ2v) is 9.14. The molecule has 0 saturated carbocycles. The van der Waals surface area contributed by atoms with Crippen LogP contribution in [0.5, 0.6) is 0 Å². The maximum absolute atomic E-state index is 12.6. The molecule has 0 bridgehead atoms. The van der Waals surface area contributed by atoms with Crippen molar-refractivity contribution in [3.63, 3.8) is 0 Å². The fourth-order valence-electron chi connectivity index (χ4n) is 3.61. The summed E-state index contributed by atoms with van der Waals surface area (Å²) in [5.74, 6) is 0.0705. The average Bonchev–Trinajstić information content (AvgIpc) is 3.17. The Bertz CT molecular complexity index is 1100. The van der Waals surface area contributed by atoms with Crippen LogP contribution in [-0.2, 0) is 4.79 Å². The van der Waals surface area contributed by atoms with Gasteiger partial charge in [0.05, 0.1) is 10.2 Å². The summed E-state index contributed by atoms with van der Waals surface area (Å²) in [5.41, 5.74) is 3.89. The van der Waals surface area contributed by atoms with Gasteiger partial charge in [-0.3, -0.25) is 9.59 Å². The van der Waals surface area contributed by atoms with E-state index >= 15 is 0 Å². The monoisotopic (exact) mass is 441 g/mol. The molecule has 0 aliphatic carbocycles. The Morgan fingerprint density at radius 1 is 1.00 bits per heavy atom. The van der Waals surface area contributed by atoms with Crippen molar-refractivity contribution >= 4 is 50.0 Å². The number of rotatable bonds is 5. The van der Waals surface area contributed by atoms with Gasteiger partial charge in [-0.1, -0.05) is 35.1 Å². The van der Waals surface area contributed by atoms with Crippen LogP contribution in [0.4, 0.5) is 5.13 Å². The van der Waals surface area contributed by atoms with E-state index in [9.17, 15) is 9.59 Å². The third-order valence-corrected chi connectivity index (χ3v) is 6.95. The normalized spacial score (nSPS) is 14.4. The molecule has 3 aromatic rings. The smallest absolute Gasteiger partial charge is 0.223 e. The zero-order valence-electron chi connectivity index (χ0n) is 17.2. The van der Waals surface area contributed by atoms with Gasteiger partial charge in [0.2, 0.25) is 5.91 Å². The molecule has 2 aromatic carbocycles. The van der Waals surface area contributed by atoms with Gasteiger partial charge in [-0.2, -0.15) is 0 Å². The summed E-state index contributed by atoms with van der Waals surface area (Å²) in [5, 5.41) is 1.67. The predicted molar refractivity (Wildman–Crippen MR) is 123 cm³/mol. The number of amides is 1. The first kappa shape index (κ1) is 20.8.